The summed E-state index contributed by atoms with van der Waals surface area (Å²) in [5.41, 5.74) is 0. The van der Waals surface area contributed by atoms with E-state index in [9.17, 15) is 0 Å². The molecule has 0 unspecified atom stereocenters. The first-order valence-electron chi connectivity index (χ1n) is 5.56. The van der Waals surface area contributed by atoms with Crippen molar-refractivity contribution in [3.8, 4) is 5.75 Å². The summed E-state index contributed by atoms with van der Waals surface area (Å²) in [6, 6.07) is 9.35. The molecule has 2 nitrogen and oxygen atoms in total. The van der Waals surface area contributed by atoms with Crippen molar-refractivity contribution < 1.29 is 4.74 Å². The van der Waals surface area contributed by atoms with Gasteiger partial charge in [-0.1, -0.05) is 29.3 Å². The number of hydrogen-bond acceptors (Lipinski definition) is 3. The van der Waals surface area contributed by atoms with Gasteiger partial charge >= 0.3 is 0 Å². The highest BCUT2D eigenvalue weighted by atomic mass is 35.5. The Balaban J connectivity index is 1.68. The van der Waals surface area contributed by atoms with Crippen molar-refractivity contribution >= 4 is 34.5 Å². The SMILES string of the molecule is Clc1cc(Cl)cc(OCCNCc2cccs2)c1. The monoisotopic (exact) mass is 301 g/mol. The van der Waals surface area contributed by atoms with Crippen LogP contribution in [0, 0.1) is 0 Å². The van der Waals surface area contributed by atoms with Gasteiger partial charge in [0, 0.05) is 28.0 Å². The maximum Gasteiger partial charge on any atom is 0.122 e. The molecule has 1 heterocycles. The van der Waals surface area contributed by atoms with Crippen LogP contribution < -0.4 is 10.1 Å². The van der Waals surface area contributed by atoms with Crippen LogP contribution in [0.2, 0.25) is 10.0 Å². The van der Waals surface area contributed by atoms with Crippen molar-refractivity contribution in [3.05, 3.63) is 50.6 Å². The second-order valence-electron chi connectivity index (χ2n) is 3.71. The predicted octanol–water partition coefficient (Wildman–Crippen LogP) is 4.22. The zero-order chi connectivity index (χ0) is 12.8. The van der Waals surface area contributed by atoms with Gasteiger partial charge in [-0.25, -0.2) is 0 Å². The van der Waals surface area contributed by atoms with E-state index in [1.807, 2.05) is 6.07 Å². The summed E-state index contributed by atoms with van der Waals surface area (Å²) in [7, 11) is 0. The van der Waals surface area contributed by atoms with Crippen LogP contribution in [0.4, 0.5) is 0 Å². The van der Waals surface area contributed by atoms with Gasteiger partial charge in [-0.3, -0.25) is 0 Å². The maximum atomic E-state index is 5.88. The van der Waals surface area contributed by atoms with Crippen LogP contribution >= 0.6 is 34.5 Å². The number of halogens is 2. The minimum absolute atomic E-state index is 0.585. The van der Waals surface area contributed by atoms with Crippen LogP contribution in [-0.2, 0) is 6.54 Å². The summed E-state index contributed by atoms with van der Waals surface area (Å²) in [5, 5.41) is 6.55. The van der Waals surface area contributed by atoms with Gasteiger partial charge in [0.15, 0.2) is 0 Å². The minimum atomic E-state index is 0.585. The molecule has 0 spiro atoms. The van der Waals surface area contributed by atoms with Gasteiger partial charge in [0.2, 0.25) is 0 Å². The second kappa shape index (κ2) is 7.00. The molecule has 1 aromatic heterocycles. The molecule has 0 bridgehead atoms. The van der Waals surface area contributed by atoms with Gasteiger partial charge in [-0.05, 0) is 29.6 Å². The van der Waals surface area contributed by atoms with Crippen molar-refractivity contribution in [2.45, 2.75) is 6.54 Å². The standard InChI is InChI=1S/C13H13Cl2NOS/c14-10-6-11(15)8-12(7-10)17-4-3-16-9-13-2-1-5-18-13/h1-2,5-8,16H,3-4,9H2. The van der Waals surface area contributed by atoms with E-state index >= 15 is 0 Å². The molecule has 5 heteroatoms. The third-order valence-corrected chi connectivity index (χ3v) is 3.58. The number of ether oxygens (including phenoxy) is 1. The molecule has 0 saturated heterocycles. The van der Waals surface area contributed by atoms with Crippen LogP contribution in [0.15, 0.2) is 35.7 Å². The Morgan fingerprint density at radius 2 is 1.94 bits per heavy atom. The Morgan fingerprint density at radius 3 is 2.61 bits per heavy atom. The predicted molar refractivity (Wildman–Crippen MR) is 78.0 cm³/mol. The van der Waals surface area contributed by atoms with Crippen LogP contribution in [-0.4, -0.2) is 13.2 Å². The van der Waals surface area contributed by atoms with Gasteiger partial charge < -0.3 is 10.1 Å². The molecular formula is C13H13Cl2NOS. The molecule has 0 aliphatic heterocycles. The molecule has 0 aliphatic rings. The summed E-state index contributed by atoms with van der Waals surface area (Å²) < 4.78 is 5.56. The topological polar surface area (TPSA) is 21.3 Å². The fourth-order valence-electron chi connectivity index (χ4n) is 1.48. The Labute approximate surface area is 120 Å². The first-order valence-corrected chi connectivity index (χ1v) is 7.19. The summed E-state index contributed by atoms with van der Waals surface area (Å²) in [6.45, 7) is 2.24. The molecule has 0 atom stereocenters. The van der Waals surface area contributed by atoms with Crippen LogP contribution in [0.5, 0.6) is 5.75 Å². The van der Waals surface area contributed by atoms with Crippen molar-refractivity contribution in [1.82, 2.24) is 5.32 Å². The van der Waals surface area contributed by atoms with Crippen molar-refractivity contribution in [2.24, 2.45) is 0 Å². The first kappa shape index (κ1) is 13.7. The Bertz CT molecular complexity index is 467. The van der Waals surface area contributed by atoms with Gasteiger partial charge in [0.05, 0.1) is 0 Å². The van der Waals surface area contributed by atoms with E-state index in [0.717, 1.165) is 13.1 Å². The normalized spacial score (nSPS) is 10.6. The summed E-state index contributed by atoms with van der Waals surface area (Å²) in [6.07, 6.45) is 0. The van der Waals surface area contributed by atoms with Gasteiger partial charge in [0.25, 0.3) is 0 Å². The zero-order valence-electron chi connectivity index (χ0n) is 9.66. The summed E-state index contributed by atoms with van der Waals surface area (Å²) in [4.78, 5) is 1.32. The first-order chi connectivity index (χ1) is 8.74. The number of rotatable bonds is 6. The van der Waals surface area contributed by atoms with E-state index < -0.39 is 0 Å². The molecule has 96 valence electrons. The Morgan fingerprint density at radius 1 is 1.17 bits per heavy atom. The molecule has 0 aliphatic carbocycles. The Hall–Kier alpha value is -0.740. The molecule has 2 rings (SSSR count). The molecule has 0 amide bonds. The average molecular weight is 302 g/mol. The lowest BCUT2D eigenvalue weighted by Gasteiger charge is -2.07. The maximum absolute atomic E-state index is 5.88. The smallest absolute Gasteiger partial charge is 0.122 e. The van der Waals surface area contributed by atoms with E-state index in [2.05, 4.69) is 16.8 Å². The van der Waals surface area contributed by atoms with Gasteiger partial charge in [-0.2, -0.15) is 0 Å². The van der Waals surface area contributed by atoms with E-state index in [1.165, 1.54) is 4.88 Å². The van der Waals surface area contributed by atoms with Gasteiger partial charge in [0.1, 0.15) is 12.4 Å². The number of nitrogens with one attached hydrogen (secondary N) is 1. The molecule has 2 aromatic rings. The highest BCUT2D eigenvalue weighted by molar-refractivity contribution is 7.09. The highest BCUT2D eigenvalue weighted by Crippen LogP contribution is 2.23. The number of benzene rings is 1. The quantitative estimate of drug-likeness (QED) is 0.807. The second-order valence-corrected chi connectivity index (χ2v) is 5.61. The third kappa shape index (κ3) is 4.50. The van der Waals surface area contributed by atoms with E-state index in [0.29, 0.717) is 22.4 Å². The fraction of sp³-hybridized carbons (Fsp3) is 0.231. The van der Waals surface area contributed by atoms with E-state index in [-0.39, 0.29) is 0 Å². The molecular weight excluding hydrogens is 289 g/mol. The molecule has 0 radical (unpaired) electrons. The molecule has 1 N–H and O–H groups in total. The third-order valence-electron chi connectivity index (χ3n) is 2.26. The summed E-state index contributed by atoms with van der Waals surface area (Å²) in [5.74, 6) is 0.699. The van der Waals surface area contributed by atoms with E-state index in [4.69, 9.17) is 27.9 Å². The lowest BCUT2D eigenvalue weighted by molar-refractivity contribution is 0.314. The number of thiophene rings is 1. The summed E-state index contributed by atoms with van der Waals surface area (Å²) >= 11 is 13.5. The minimum Gasteiger partial charge on any atom is -0.492 e. The largest absolute Gasteiger partial charge is 0.492 e. The lowest BCUT2D eigenvalue weighted by atomic mass is 10.3. The van der Waals surface area contributed by atoms with Crippen molar-refractivity contribution in [1.29, 1.82) is 0 Å². The highest BCUT2D eigenvalue weighted by Gasteiger charge is 1.99. The fourth-order valence-corrected chi connectivity index (χ4v) is 2.66. The molecule has 0 fully saturated rings. The van der Waals surface area contributed by atoms with E-state index in [1.54, 1.807) is 29.5 Å². The number of hydrogen-bond donors (Lipinski definition) is 1. The van der Waals surface area contributed by atoms with Crippen molar-refractivity contribution in [2.75, 3.05) is 13.2 Å². The lowest BCUT2D eigenvalue weighted by Crippen LogP contribution is -2.20. The van der Waals surface area contributed by atoms with Crippen LogP contribution in [0.3, 0.4) is 0 Å². The van der Waals surface area contributed by atoms with Crippen LogP contribution in [0.1, 0.15) is 4.88 Å². The molecule has 1 aromatic carbocycles. The van der Waals surface area contributed by atoms with Crippen molar-refractivity contribution in [3.63, 3.8) is 0 Å². The molecule has 18 heavy (non-hydrogen) atoms. The van der Waals surface area contributed by atoms with Gasteiger partial charge in [-0.15, -0.1) is 11.3 Å². The average Bonchev–Trinajstić information content (AvgIpc) is 2.80. The van der Waals surface area contributed by atoms with Crippen LogP contribution in [0.25, 0.3) is 0 Å². The Kier molecular flexibility index (Phi) is 5.32. The zero-order valence-corrected chi connectivity index (χ0v) is 12.0. The molecule has 0 saturated carbocycles.